The molecule has 3 nitrogen and oxygen atoms in total. The van der Waals surface area contributed by atoms with Gasteiger partial charge in [0.25, 0.3) is 5.91 Å². The van der Waals surface area contributed by atoms with Crippen molar-refractivity contribution < 1.29 is 4.79 Å². The molecule has 0 fully saturated rings. The average molecular weight is 137 g/mol. The Morgan fingerprint density at radius 3 is 3.10 bits per heavy atom. The molecule has 53 valence electrons. The SMILES string of the molecule is [CH2]CNC(=O)c1ccc[nH]1. The van der Waals surface area contributed by atoms with E-state index in [1.165, 1.54) is 0 Å². The molecule has 1 heterocycles. The highest BCUT2D eigenvalue weighted by Crippen LogP contribution is 1.92. The van der Waals surface area contributed by atoms with E-state index in [4.69, 9.17) is 0 Å². The Hall–Kier alpha value is -1.25. The van der Waals surface area contributed by atoms with Crippen molar-refractivity contribution in [1.29, 1.82) is 0 Å². The third-order valence-corrected chi connectivity index (χ3v) is 1.13. The van der Waals surface area contributed by atoms with Crippen LogP contribution in [0.1, 0.15) is 10.5 Å². The van der Waals surface area contributed by atoms with Crippen LogP contribution in [0, 0.1) is 6.92 Å². The number of carbonyl (C=O) groups excluding carboxylic acids is 1. The molecular weight excluding hydrogens is 128 g/mol. The van der Waals surface area contributed by atoms with Crippen molar-refractivity contribution in [3.63, 3.8) is 0 Å². The Kier molecular flexibility index (Phi) is 2.10. The summed E-state index contributed by atoms with van der Waals surface area (Å²) in [6.07, 6.45) is 1.71. The van der Waals surface area contributed by atoms with Gasteiger partial charge in [0.05, 0.1) is 0 Å². The Bertz CT molecular complexity index is 203. The minimum Gasteiger partial charge on any atom is -0.357 e. The second-order valence-corrected chi connectivity index (χ2v) is 1.84. The molecule has 1 aromatic rings. The summed E-state index contributed by atoms with van der Waals surface area (Å²) in [6, 6.07) is 3.49. The van der Waals surface area contributed by atoms with Gasteiger partial charge >= 0.3 is 0 Å². The van der Waals surface area contributed by atoms with Crippen molar-refractivity contribution in [1.82, 2.24) is 10.3 Å². The van der Waals surface area contributed by atoms with Crippen molar-refractivity contribution >= 4 is 5.91 Å². The number of hydrogen-bond donors (Lipinski definition) is 2. The third-order valence-electron chi connectivity index (χ3n) is 1.13. The van der Waals surface area contributed by atoms with Crippen molar-refractivity contribution in [3.8, 4) is 0 Å². The summed E-state index contributed by atoms with van der Waals surface area (Å²) in [5.41, 5.74) is 0.573. The highest BCUT2D eigenvalue weighted by molar-refractivity contribution is 5.92. The second kappa shape index (κ2) is 3.06. The van der Waals surface area contributed by atoms with Crippen LogP contribution in [0.5, 0.6) is 0 Å². The zero-order chi connectivity index (χ0) is 7.40. The lowest BCUT2D eigenvalue weighted by molar-refractivity contribution is 0.0953. The van der Waals surface area contributed by atoms with Crippen LogP contribution in [0.25, 0.3) is 0 Å². The van der Waals surface area contributed by atoms with Crippen LogP contribution < -0.4 is 5.32 Å². The molecule has 2 N–H and O–H groups in total. The lowest BCUT2D eigenvalue weighted by atomic mass is 10.4. The predicted molar refractivity (Wildman–Crippen MR) is 38.5 cm³/mol. The van der Waals surface area contributed by atoms with Gasteiger partial charge in [-0.2, -0.15) is 0 Å². The molecule has 0 aliphatic rings. The molecule has 0 spiro atoms. The Morgan fingerprint density at radius 2 is 2.60 bits per heavy atom. The molecule has 10 heavy (non-hydrogen) atoms. The van der Waals surface area contributed by atoms with Crippen molar-refractivity contribution in [2.75, 3.05) is 6.54 Å². The van der Waals surface area contributed by atoms with Gasteiger partial charge in [-0.3, -0.25) is 4.79 Å². The minimum atomic E-state index is -0.111. The zero-order valence-corrected chi connectivity index (χ0v) is 5.55. The lowest BCUT2D eigenvalue weighted by Gasteiger charge is -1.96. The molecule has 3 heteroatoms. The number of carbonyl (C=O) groups is 1. The molecule has 0 saturated carbocycles. The van der Waals surface area contributed by atoms with E-state index in [9.17, 15) is 4.79 Å². The van der Waals surface area contributed by atoms with Gasteiger partial charge in [-0.25, -0.2) is 0 Å². The smallest absolute Gasteiger partial charge is 0.267 e. The van der Waals surface area contributed by atoms with Crippen molar-refractivity contribution in [3.05, 3.63) is 30.9 Å². The summed E-state index contributed by atoms with van der Waals surface area (Å²) in [6.45, 7) is 3.90. The number of amides is 1. The summed E-state index contributed by atoms with van der Waals surface area (Å²) in [4.78, 5) is 13.7. The molecule has 0 aliphatic heterocycles. The van der Waals surface area contributed by atoms with Crippen molar-refractivity contribution in [2.24, 2.45) is 0 Å². The fourth-order valence-electron chi connectivity index (χ4n) is 0.680. The Labute approximate surface area is 59.4 Å². The van der Waals surface area contributed by atoms with Gasteiger partial charge in [-0.15, -0.1) is 0 Å². The van der Waals surface area contributed by atoms with Gasteiger partial charge < -0.3 is 10.3 Å². The number of aromatic amines is 1. The summed E-state index contributed by atoms with van der Waals surface area (Å²) in [5, 5.41) is 2.57. The molecule has 1 rings (SSSR count). The van der Waals surface area contributed by atoms with Crippen LogP contribution in [0.15, 0.2) is 18.3 Å². The third kappa shape index (κ3) is 1.37. The van der Waals surface area contributed by atoms with E-state index in [0.29, 0.717) is 12.2 Å². The molecular formula is C7H9N2O. The first kappa shape index (κ1) is 6.86. The molecule has 0 bridgehead atoms. The summed E-state index contributed by atoms with van der Waals surface area (Å²) >= 11 is 0. The summed E-state index contributed by atoms with van der Waals surface area (Å²) in [7, 11) is 0. The highest BCUT2D eigenvalue weighted by atomic mass is 16.1. The fourth-order valence-corrected chi connectivity index (χ4v) is 0.680. The van der Waals surface area contributed by atoms with Crippen LogP contribution >= 0.6 is 0 Å². The van der Waals surface area contributed by atoms with Gasteiger partial charge in [-0.1, -0.05) is 0 Å². The predicted octanol–water partition coefficient (Wildman–Crippen LogP) is 0.579. The van der Waals surface area contributed by atoms with E-state index >= 15 is 0 Å². The number of H-pyrrole nitrogens is 1. The number of hydrogen-bond acceptors (Lipinski definition) is 1. The van der Waals surface area contributed by atoms with Crippen LogP contribution in [0.3, 0.4) is 0 Å². The van der Waals surface area contributed by atoms with Gasteiger partial charge in [0.15, 0.2) is 0 Å². The fraction of sp³-hybridized carbons (Fsp3) is 0.143. The average Bonchev–Trinajstić information content (AvgIpc) is 2.38. The van der Waals surface area contributed by atoms with E-state index < -0.39 is 0 Å². The summed E-state index contributed by atoms with van der Waals surface area (Å²) in [5.74, 6) is -0.111. The zero-order valence-electron chi connectivity index (χ0n) is 5.55. The van der Waals surface area contributed by atoms with Gasteiger partial charge in [-0.05, 0) is 19.1 Å². The Balaban J connectivity index is 2.59. The van der Waals surface area contributed by atoms with Crippen LogP contribution in [-0.4, -0.2) is 17.4 Å². The van der Waals surface area contributed by atoms with E-state index in [1.54, 1.807) is 18.3 Å². The maximum Gasteiger partial charge on any atom is 0.267 e. The standard InChI is InChI=1S/C7H9N2O/c1-2-8-7(10)6-4-3-5-9-6/h3-5,9H,1-2H2,(H,8,10). The largest absolute Gasteiger partial charge is 0.357 e. The summed E-state index contributed by atoms with van der Waals surface area (Å²) < 4.78 is 0. The quantitative estimate of drug-likeness (QED) is 0.615. The second-order valence-electron chi connectivity index (χ2n) is 1.84. The minimum absolute atomic E-state index is 0.111. The molecule has 0 aromatic carbocycles. The molecule has 1 radical (unpaired) electrons. The first-order valence-corrected chi connectivity index (χ1v) is 3.05. The number of rotatable bonds is 2. The molecule has 0 atom stereocenters. The molecule has 0 unspecified atom stereocenters. The highest BCUT2D eigenvalue weighted by Gasteiger charge is 2.01. The van der Waals surface area contributed by atoms with E-state index in [1.807, 2.05) is 0 Å². The topological polar surface area (TPSA) is 44.9 Å². The lowest BCUT2D eigenvalue weighted by Crippen LogP contribution is -2.22. The van der Waals surface area contributed by atoms with Crippen LogP contribution in [0.2, 0.25) is 0 Å². The Morgan fingerprint density at radius 1 is 1.80 bits per heavy atom. The monoisotopic (exact) mass is 137 g/mol. The van der Waals surface area contributed by atoms with E-state index in [-0.39, 0.29) is 5.91 Å². The first-order valence-electron chi connectivity index (χ1n) is 3.05. The number of aromatic nitrogens is 1. The van der Waals surface area contributed by atoms with Crippen LogP contribution in [-0.2, 0) is 0 Å². The van der Waals surface area contributed by atoms with E-state index in [2.05, 4.69) is 17.2 Å². The maximum absolute atomic E-state index is 10.9. The molecule has 0 saturated heterocycles. The van der Waals surface area contributed by atoms with Crippen LogP contribution in [0.4, 0.5) is 0 Å². The molecule has 1 aromatic heterocycles. The first-order chi connectivity index (χ1) is 4.84. The number of nitrogens with one attached hydrogen (secondary N) is 2. The molecule has 1 amide bonds. The molecule has 0 aliphatic carbocycles. The van der Waals surface area contributed by atoms with E-state index in [0.717, 1.165) is 0 Å². The van der Waals surface area contributed by atoms with Gasteiger partial charge in [0, 0.05) is 12.7 Å². The van der Waals surface area contributed by atoms with Gasteiger partial charge in [0.2, 0.25) is 0 Å². The van der Waals surface area contributed by atoms with Crippen molar-refractivity contribution in [2.45, 2.75) is 0 Å². The van der Waals surface area contributed by atoms with Gasteiger partial charge in [0.1, 0.15) is 5.69 Å². The maximum atomic E-state index is 10.9. The normalized spacial score (nSPS) is 9.30.